The van der Waals surface area contributed by atoms with Crippen LogP contribution < -0.4 is 0 Å². The van der Waals surface area contributed by atoms with Crippen LogP contribution in [-0.4, -0.2) is 12.0 Å². The van der Waals surface area contributed by atoms with Gasteiger partial charge in [-0.15, -0.1) is 0 Å². The average Bonchev–Trinajstić information content (AvgIpc) is 2.80. The van der Waals surface area contributed by atoms with Gasteiger partial charge in [0.15, 0.2) is 0 Å². The fourth-order valence-electron chi connectivity index (χ4n) is 2.36. The molecule has 0 heterocycles. The number of carbonyl (C=O) groups is 1. The van der Waals surface area contributed by atoms with E-state index in [9.17, 15) is 18.0 Å². The van der Waals surface area contributed by atoms with Gasteiger partial charge in [-0.3, -0.25) is 4.79 Å². The quantitative estimate of drug-likeness (QED) is 0.714. The van der Waals surface area contributed by atoms with Crippen LogP contribution in [0.5, 0.6) is 0 Å². The minimum atomic E-state index is -4.78. The summed E-state index contributed by atoms with van der Waals surface area (Å²) in [6.07, 6.45) is -0.550. The molecule has 0 amide bonds. The van der Waals surface area contributed by atoms with E-state index in [1.165, 1.54) is 18.2 Å². The van der Waals surface area contributed by atoms with Gasteiger partial charge in [-0.25, -0.2) is 0 Å². The van der Waals surface area contributed by atoms with Crippen molar-refractivity contribution in [3.8, 4) is 0 Å². The molecule has 1 fully saturated rings. The largest absolute Gasteiger partial charge is 0.454 e. The third kappa shape index (κ3) is 2.68. The van der Waals surface area contributed by atoms with Crippen LogP contribution in [-0.2, 0) is 0 Å². The lowest BCUT2D eigenvalue weighted by Crippen LogP contribution is -2.22. The summed E-state index contributed by atoms with van der Waals surface area (Å²) in [7, 11) is 0. The van der Waals surface area contributed by atoms with Crippen molar-refractivity contribution < 1.29 is 18.0 Å². The van der Waals surface area contributed by atoms with Gasteiger partial charge in [0.05, 0.1) is 0 Å². The van der Waals surface area contributed by atoms with Crippen LogP contribution in [0.1, 0.15) is 47.5 Å². The Morgan fingerprint density at radius 3 is 2.41 bits per heavy atom. The summed E-state index contributed by atoms with van der Waals surface area (Å²) in [6.45, 7) is 0. The molecular weight excluding hydrogens is 229 g/mol. The van der Waals surface area contributed by atoms with Gasteiger partial charge in [-0.1, -0.05) is 31.0 Å². The molecule has 0 aliphatic heterocycles. The minimum absolute atomic E-state index is 0.248. The number of benzene rings is 1. The highest BCUT2D eigenvalue weighted by Crippen LogP contribution is 2.34. The first kappa shape index (κ1) is 12.1. The molecule has 0 N–H and O–H groups in total. The highest BCUT2D eigenvalue weighted by atomic mass is 19.4. The Labute approximate surface area is 97.6 Å². The molecule has 0 aromatic heterocycles. The lowest BCUT2D eigenvalue weighted by atomic mass is 9.95. The van der Waals surface area contributed by atoms with Gasteiger partial charge in [0, 0.05) is 5.56 Å². The molecule has 92 valence electrons. The molecule has 1 saturated carbocycles. The second-order valence-electron chi connectivity index (χ2n) is 4.43. The zero-order valence-electron chi connectivity index (χ0n) is 9.26. The number of alkyl halides is 3. The normalized spacial score (nSPS) is 17.4. The number of ketones is 1. The van der Waals surface area contributed by atoms with Gasteiger partial charge in [-0.05, 0) is 30.4 Å². The van der Waals surface area contributed by atoms with Gasteiger partial charge in [0.25, 0.3) is 5.78 Å². The first-order chi connectivity index (χ1) is 7.98. The van der Waals surface area contributed by atoms with Crippen molar-refractivity contribution in [2.24, 2.45) is 0 Å². The Bertz CT molecular complexity index is 417. The van der Waals surface area contributed by atoms with Gasteiger partial charge in [0.1, 0.15) is 0 Å². The number of carbonyl (C=O) groups excluding carboxylic acids is 1. The van der Waals surface area contributed by atoms with Crippen LogP contribution in [0.4, 0.5) is 13.2 Å². The standard InChI is InChI=1S/C13H13F3O/c14-13(15,16)12(17)11-7-3-6-10(8-11)9-4-1-2-5-9/h3,6-9H,1-2,4-5H2. The fourth-order valence-corrected chi connectivity index (χ4v) is 2.36. The minimum Gasteiger partial charge on any atom is -0.284 e. The average molecular weight is 242 g/mol. The highest BCUT2D eigenvalue weighted by Gasteiger charge is 2.39. The highest BCUT2D eigenvalue weighted by molar-refractivity contribution is 6.00. The maximum absolute atomic E-state index is 12.3. The number of halogens is 3. The van der Waals surface area contributed by atoms with Crippen molar-refractivity contribution in [2.75, 3.05) is 0 Å². The summed E-state index contributed by atoms with van der Waals surface area (Å²) in [5.41, 5.74) is 0.611. The zero-order valence-corrected chi connectivity index (χ0v) is 9.26. The van der Waals surface area contributed by atoms with Crippen molar-refractivity contribution in [1.29, 1.82) is 0 Å². The first-order valence-corrected chi connectivity index (χ1v) is 5.70. The molecule has 4 heteroatoms. The SMILES string of the molecule is O=C(c1cccc(C2CCCC2)c1)C(F)(F)F. The van der Waals surface area contributed by atoms with Gasteiger partial charge in [-0.2, -0.15) is 13.2 Å². The molecular formula is C13H13F3O. The molecule has 1 aliphatic rings. The second kappa shape index (κ2) is 4.51. The van der Waals surface area contributed by atoms with Gasteiger partial charge >= 0.3 is 6.18 Å². The van der Waals surface area contributed by atoms with E-state index in [1.807, 2.05) is 6.07 Å². The van der Waals surface area contributed by atoms with E-state index in [0.717, 1.165) is 31.2 Å². The summed E-state index contributed by atoms with van der Waals surface area (Å²) >= 11 is 0. The van der Waals surface area contributed by atoms with Crippen LogP contribution >= 0.6 is 0 Å². The van der Waals surface area contributed by atoms with Crippen LogP contribution in [0, 0.1) is 0 Å². The summed E-state index contributed by atoms with van der Waals surface area (Å²) in [5.74, 6) is -1.44. The van der Waals surface area contributed by atoms with E-state index in [4.69, 9.17) is 0 Å². The summed E-state index contributed by atoms with van der Waals surface area (Å²) in [6, 6.07) is 5.97. The first-order valence-electron chi connectivity index (χ1n) is 5.70. The van der Waals surface area contributed by atoms with Gasteiger partial charge < -0.3 is 0 Å². The van der Waals surface area contributed by atoms with E-state index < -0.39 is 12.0 Å². The van der Waals surface area contributed by atoms with Gasteiger partial charge in [0.2, 0.25) is 0 Å². The predicted molar refractivity (Wildman–Crippen MR) is 58.0 cm³/mol. The maximum Gasteiger partial charge on any atom is 0.454 e. The molecule has 0 saturated heterocycles. The van der Waals surface area contributed by atoms with E-state index in [-0.39, 0.29) is 5.56 Å². The van der Waals surface area contributed by atoms with Crippen molar-refractivity contribution in [1.82, 2.24) is 0 Å². The molecule has 2 rings (SSSR count). The lowest BCUT2D eigenvalue weighted by Gasteiger charge is -2.11. The van der Waals surface area contributed by atoms with Crippen molar-refractivity contribution in [3.63, 3.8) is 0 Å². The maximum atomic E-state index is 12.3. The summed E-state index contributed by atoms with van der Waals surface area (Å²) in [4.78, 5) is 11.1. The van der Waals surface area contributed by atoms with E-state index >= 15 is 0 Å². The Hall–Kier alpha value is -1.32. The zero-order chi connectivity index (χ0) is 12.5. The Balaban J connectivity index is 2.25. The van der Waals surface area contributed by atoms with Crippen LogP contribution in [0.25, 0.3) is 0 Å². The number of Topliss-reactive ketones (excluding diaryl/α,β-unsaturated/α-hetero) is 1. The van der Waals surface area contributed by atoms with E-state index in [0.29, 0.717) is 5.92 Å². The monoisotopic (exact) mass is 242 g/mol. The molecule has 0 radical (unpaired) electrons. The molecule has 1 aliphatic carbocycles. The molecule has 1 nitrogen and oxygen atoms in total. The Morgan fingerprint density at radius 1 is 1.18 bits per heavy atom. The molecule has 0 unspecified atom stereocenters. The summed E-state index contributed by atoms with van der Waals surface area (Å²) < 4.78 is 36.9. The summed E-state index contributed by atoms with van der Waals surface area (Å²) in [5, 5.41) is 0. The fraction of sp³-hybridized carbons (Fsp3) is 0.462. The number of rotatable bonds is 2. The lowest BCUT2D eigenvalue weighted by molar-refractivity contribution is -0.0885. The van der Waals surface area contributed by atoms with E-state index in [1.54, 1.807) is 0 Å². The van der Waals surface area contributed by atoms with Crippen LogP contribution in [0.2, 0.25) is 0 Å². The topological polar surface area (TPSA) is 17.1 Å². The van der Waals surface area contributed by atoms with Crippen molar-refractivity contribution in [3.05, 3.63) is 35.4 Å². The Morgan fingerprint density at radius 2 is 1.82 bits per heavy atom. The second-order valence-corrected chi connectivity index (χ2v) is 4.43. The number of hydrogen-bond donors (Lipinski definition) is 0. The third-order valence-electron chi connectivity index (χ3n) is 3.23. The van der Waals surface area contributed by atoms with Crippen molar-refractivity contribution in [2.45, 2.75) is 37.8 Å². The van der Waals surface area contributed by atoms with Crippen molar-refractivity contribution >= 4 is 5.78 Å². The Kier molecular flexibility index (Phi) is 3.22. The third-order valence-corrected chi connectivity index (χ3v) is 3.23. The molecule has 17 heavy (non-hydrogen) atoms. The molecule has 1 aromatic carbocycles. The molecule has 0 atom stereocenters. The number of hydrogen-bond acceptors (Lipinski definition) is 1. The molecule has 0 bridgehead atoms. The van der Waals surface area contributed by atoms with Crippen LogP contribution in [0.3, 0.4) is 0 Å². The van der Waals surface area contributed by atoms with E-state index in [2.05, 4.69) is 0 Å². The smallest absolute Gasteiger partial charge is 0.284 e. The predicted octanol–water partition coefficient (Wildman–Crippen LogP) is 4.09. The molecule has 1 aromatic rings. The molecule has 0 spiro atoms. The van der Waals surface area contributed by atoms with Crippen LogP contribution in [0.15, 0.2) is 24.3 Å².